The van der Waals surface area contributed by atoms with Crippen molar-refractivity contribution in [2.45, 2.75) is 26.8 Å². The first-order valence-corrected chi connectivity index (χ1v) is 11.2. The summed E-state index contributed by atoms with van der Waals surface area (Å²) in [5.41, 5.74) is 1.47. The Hall–Kier alpha value is -4.26. The molecule has 0 aliphatic heterocycles. The predicted molar refractivity (Wildman–Crippen MR) is 132 cm³/mol. The molecule has 14 heteroatoms. The number of nitrogens with zero attached hydrogens (tertiary/aromatic N) is 2. The summed E-state index contributed by atoms with van der Waals surface area (Å²) in [7, 11) is 0. The van der Waals surface area contributed by atoms with Crippen LogP contribution in [0.4, 0.5) is 15.8 Å². The van der Waals surface area contributed by atoms with Crippen LogP contribution < -0.4 is 21.6 Å². The predicted octanol–water partition coefficient (Wildman–Crippen LogP) is 1.82. The fraction of sp³-hybridized carbons (Fsp3) is 0.304. The third kappa shape index (κ3) is 7.61. The van der Waals surface area contributed by atoms with Gasteiger partial charge in [-0.25, -0.2) is 9.40 Å². The summed E-state index contributed by atoms with van der Waals surface area (Å²) in [6.45, 7) is 1.95. The number of pyridine rings is 1. The molecule has 0 bridgehead atoms. The van der Waals surface area contributed by atoms with E-state index < -0.39 is 54.4 Å². The van der Waals surface area contributed by atoms with Crippen LogP contribution in [0.5, 0.6) is 0 Å². The Morgan fingerprint density at radius 2 is 1.78 bits per heavy atom. The van der Waals surface area contributed by atoms with Crippen LogP contribution in [0, 0.1) is 5.92 Å². The van der Waals surface area contributed by atoms with E-state index in [1.165, 1.54) is 43.5 Å². The van der Waals surface area contributed by atoms with Gasteiger partial charge in [0.15, 0.2) is 6.67 Å². The number of aliphatic carboxylic acids is 1. The minimum absolute atomic E-state index is 0.0844. The number of aromatic nitrogens is 1. The minimum atomic E-state index is -1.54. The third-order valence-corrected chi connectivity index (χ3v) is 5.23. The van der Waals surface area contributed by atoms with Crippen LogP contribution in [0.25, 0.3) is 0 Å². The SMILES string of the molecule is CC(=O)Nc1ccc(C(=O)Nc2cccn(C(C(=O)NN(CC(=O)O)C(=O)CF)C(C)C)c2=O)cc1Cl. The number of amides is 4. The van der Waals surface area contributed by atoms with Gasteiger partial charge >= 0.3 is 5.97 Å². The molecule has 0 radical (unpaired) electrons. The molecule has 1 aromatic carbocycles. The van der Waals surface area contributed by atoms with Crippen molar-refractivity contribution >= 4 is 52.6 Å². The Morgan fingerprint density at radius 3 is 2.32 bits per heavy atom. The van der Waals surface area contributed by atoms with Crippen LogP contribution in [0.2, 0.25) is 5.02 Å². The van der Waals surface area contributed by atoms with Crippen LogP contribution in [-0.2, 0) is 19.2 Å². The maximum Gasteiger partial charge on any atom is 0.325 e. The zero-order valence-electron chi connectivity index (χ0n) is 20.1. The highest BCUT2D eigenvalue weighted by atomic mass is 35.5. The molecule has 0 saturated heterocycles. The Kier molecular flexibility index (Phi) is 9.89. The van der Waals surface area contributed by atoms with Gasteiger partial charge in [0, 0.05) is 18.7 Å². The smallest absolute Gasteiger partial charge is 0.325 e. The first kappa shape index (κ1) is 29.0. The molecule has 2 rings (SSSR count). The van der Waals surface area contributed by atoms with Crippen LogP contribution >= 0.6 is 11.6 Å². The molecule has 0 aliphatic rings. The van der Waals surface area contributed by atoms with Crippen LogP contribution in [0.15, 0.2) is 41.3 Å². The van der Waals surface area contributed by atoms with Gasteiger partial charge in [-0.3, -0.25) is 34.2 Å². The normalized spacial score (nSPS) is 11.4. The molecular formula is C23H25ClFN5O7. The topological polar surface area (TPSA) is 167 Å². The molecule has 0 fully saturated rings. The number of alkyl halides is 1. The molecule has 1 heterocycles. The van der Waals surface area contributed by atoms with E-state index in [0.29, 0.717) is 10.7 Å². The van der Waals surface area contributed by atoms with E-state index in [0.717, 1.165) is 4.57 Å². The van der Waals surface area contributed by atoms with Gasteiger partial charge in [0.1, 0.15) is 18.3 Å². The third-order valence-electron chi connectivity index (χ3n) is 4.92. The molecule has 12 nitrogen and oxygen atoms in total. The van der Waals surface area contributed by atoms with Gasteiger partial charge in [-0.05, 0) is 36.2 Å². The molecule has 2 aromatic rings. The zero-order valence-corrected chi connectivity index (χ0v) is 20.8. The fourth-order valence-electron chi connectivity index (χ4n) is 3.31. The van der Waals surface area contributed by atoms with Gasteiger partial charge in [0.2, 0.25) is 5.91 Å². The molecular weight excluding hydrogens is 513 g/mol. The number of nitrogens with one attached hydrogen (secondary N) is 3. The lowest BCUT2D eigenvalue weighted by Crippen LogP contribution is -2.52. The summed E-state index contributed by atoms with van der Waals surface area (Å²) in [6, 6.07) is 5.56. The number of anilines is 2. The van der Waals surface area contributed by atoms with Crippen molar-refractivity contribution < 1.29 is 33.5 Å². The van der Waals surface area contributed by atoms with Crippen molar-refractivity contribution in [1.29, 1.82) is 0 Å². The highest BCUT2D eigenvalue weighted by Crippen LogP contribution is 2.23. The Bertz CT molecular complexity index is 1280. The highest BCUT2D eigenvalue weighted by molar-refractivity contribution is 6.34. The van der Waals surface area contributed by atoms with Crippen molar-refractivity contribution in [3.05, 3.63) is 57.5 Å². The molecule has 1 aromatic heterocycles. The summed E-state index contributed by atoms with van der Waals surface area (Å²) < 4.78 is 13.8. The van der Waals surface area contributed by atoms with Gasteiger partial charge in [-0.2, -0.15) is 0 Å². The molecule has 0 spiro atoms. The van der Waals surface area contributed by atoms with Crippen molar-refractivity contribution in [2.75, 3.05) is 23.9 Å². The van der Waals surface area contributed by atoms with E-state index in [1.54, 1.807) is 13.8 Å². The molecule has 37 heavy (non-hydrogen) atoms. The average molecular weight is 538 g/mol. The summed E-state index contributed by atoms with van der Waals surface area (Å²) >= 11 is 6.10. The summed E-state index contributed by atoms with van der Waals surface area (Å²) in [4.78, 5) is 72.8. The Balaban J connectivity index is 2.33. The second-order valence-corrected chi connectivity index (χ2v) is 8.54. The van der Waals surface area contributed by atoms with Gasteiger partial charge in [-0.1, -0.05) is 25.4 Å². The van der Waals surface area contributed by atoms with Crippen molar-refractivity contribution in [3.63, 3.8) is 0 Å². The molecule has 1 atom stereocenters. The van der Waals surface area contributed by atoms with Crippen LogP contribution in [-0.4, -0.2) is 57.5 Å². The van der Waals surface area contributed by atoms with Gasteiger partial charge in [0.05, 0.1) is 10.7 Å². The summed E-state index contributed by atoms with van der Waals surface area (Å²) in [6.07, 6.45) is 1.28. The van der Waals surface area contributed by atoms with Crippen LogP contribution in [0.3, 0.4) is 0 Å². The molecule has 1 unspecified atom stereocenters. The molecule has 4 amide bonds. The number of hydrogen-bond acceptors (Lipinski definition) is 6. The minimum Gasteiger partial charge on any atom is -0.480 e. The monoisotopic (exact) mass is 537 g/mol. The number of halogens is 2. The van der Waals surface area contributed by atoms with E-state index in [-0.39, 0.29) is 22.2 Å². The Labute approximate surface area is 215 Å². The number of hydrogen-bond donors (Lipinski definition) is 4. The lowest BCUT2D eigenvalue weighted by molar-refractivity contribution is -0.151. The number of carbonyl (C=O) groups excluding carboxylic acids is 4. The van der Waals surface area contributed by atoms with Crippen molar-refractivity contribution in [1.82, 2.24) is 15.0 Å². The molecule has 0 aliphatic carbocycles. The first-order chi connectivity index (χ1) is 17.3. The van der Waals surface area contributed by atoms with Crippen LogP contribution in [0.1, 0.15) is 37.2 Å². The summed E-state index contributed by atoms with van der Waals surface area (Å²) in [5.74, 6) is -5.31. The fourth-order valence-corrected chi connectivity index (χ4v) is 3.54. The standard InChI is InChI=1S/C23H25ClFN5O7/c1-12(2)20(22(36)28-30(11-19(33)34)18(32)10-25)29-8-4-5-17(23(29)37)27-21(35)14-6-7-16(15(24)9-14)26-13(3)31/h4-9,12,20H,10-11H2,1-3H3,(H,26,31)(H,27,35)(H,28,36)(H,33,34). The average Bonchev–Trinajstić information content (AvgIpc) is 2.81. The Morgan fingerprint density at radius 1 is 1.11 bits per heavy atom. The second-order valence-electron chi connectivity index (χ2n) is 8.14. The number of rotatable bonds is 9. The lowest BCUT2D eigenvalue weighted by Gasteiger charge is -2.27. The number of carboxylic acid groups (broad SMARTS) is 1. The quantitative estimate of drug-likeness (QED) is 0.354. The molecule has 198 valence electrons. The first-order valence-electron chi connectivity index (χ1n) is 10.8. The molecule has 0 saturated carbocycles. The number of hydrazine groups is 1. The van der Waals surface area contributed by atoms with Crippen molar-refractivity contribution in [3.8, 4) is 0 Å². The van der Waals surface area contributed by atoms with E-state index in [4.69, 9.17) is 16.7 Å². The second kappa shape index (κ2) is 12.6. The largest absolute Gasteiger partial charge is 0.480 e. The lowest BCUT2D eigenvalue weighted by atomic mass is 10.0. The van der Waals surface area contributed by atoms with Gasteiger partial charge in [-0.15, -0.1) is 0 Å². The van der Waals surface area contributed by atoms with Gasteiger partial charge in [0.25, 0.3) is 23.3 Å². The number of carbonyl (C=O) groups is 5. The van der Waals surface area contributed by atoms with E-state index in [9.17, 15) is 33.2 Å². The number of benzene rings is 1. The van der Waals surface area contributed by atoms with E-state index in [1.807, 2.05) is 5.43 Å². The number of carboxylic acids is 1. The zero-order chi connectivity index (χ0) is 27.9. The maximum absolute atomic E-state index is 13.1. The molecule has 4 N–H and O–H groups in total. The van der Waals surface area contributed by atoms with Crippen molar-refractivity contribution in [2.24, 2.45) is 5.92 Å². The summed E-state index contributed by atoms with van der Waals surface area (Å²) in [5, 5.41) is 14.3. The van der Waals surface area contributed by atoms with Gasteiger partial charge < -0.3 is 20.3 Å². The maximum atomic E-state index is 13.1. The van der Waals surface area contributed by atoms with E-state index >= 15 is 0 Å². The highest BCUT2D eigenvalue weighted by Gasteiger charge is 2.29. The van der Waals surface area contributed by atoms with E-state index in [2.05, 4.69) is 10.6 Å².